The Morgan fingerprint density at radius 2 is 2.20 bits per heavy atom. The largest absolute Gasteiger partial charge is 0.502 e. The van der Waals surface area contributed by atoms with Crippen molar-refractivity contribution in [2.24, 2.45) is 0 Å². The highest BCUT2D eigenvalue weighted by Crippen LogP contribution is 2.27. The Morgan fingerprint density at radius 1 is 1.55 bits per heavy atom. The Bertz CT molecular complexity index is 504. The van der Waals surface area contributed by atoms with Crippen molar-refractivity contribution in [2.75, 3.05) is 20.3 Å². The first-order chi connectivity index (χ1) is 9.42. The summed E-state index contributed by atoms with van der Waals surface area (Å²) in [6.07, 6.45) is 0. The lowest BCUT2D eigenvalue weighted by Gasteiger charge is -2.27. The Morgan fingerprint density at radius 3 is 2.65 bits per heavy atom. The molecular formula is C13H18N2O5. The van der Waals surface area contributed by atoms with E-state index >= 15 is 0 Å². The molecule has 0 bridgehead atoms. The Kier molecular flexibility index (Phi) is 5.45. The molecule has 0 saturated heterocycles. The summed E-state index contributed by atoms with van der Waals surface area (Å²) in [6.45, 7) is 4.53. The third-order valence-corrected chi connectivity index (χ3v) is 2.96. The maximum absolute atomic E-state index is 12.3. The van der Waals surface area contributed by atoms with E-state index in [2.05, 4.69) is 0 Å². The summed E-state index contributed by atoms with van der Waals surface area (Å²) in [5, 5.41) is 20.2. The lowest BCUT2D eigenvalue weighted by molar-refractivity contribution is -0.385. The zero-order valence-corrected chi connectivity index (χ0v) is 11.7. The number of hydrogen-bond donors (Lipinski definition) is 1. The lowest BCUT2D eigenvalue weighted by atomic mass is 10.1. The Labute approximate surface area is 116 Å². The smallest absolute Gasteiger partial charge is 0.310 e. The van der Waals surface area contributed by atoms with E-state index in [1.807, 2.05) is 13.8 Å². The van der Waals surface area contributed by atoms with Crippen LogP contribution in [0.4, 0.5) is 5.69 Å². The molecule has 0 saturated carbocycles. The number of methoxy groups -OCH3 is 1. The molecular weight excluding hydrogens is 264 g/mol. The van der Waals surface area contributed by atoms with Crippen LogP contribution in [-0.2, 0) is 4.74 Å². The van der Waals surface area contributed by atoms with Crippen LogP contribution in [0.15, 0.2) is 18.2 Å². The van der Waals surface area contributed by atoms with E-state index in [9.17, 15) is 20.0 Å². The van der Waals surface area contributed by atoms with Crippen LogP contribution in [0.25, 0.3) is 0 Å². The first-order valence-electron chi connectivity index (χ1n) is 6.19. The van der Waals surface area contributed by atoms with Crippen molar-refractivity contribution < 1.29 is 19.6 Å². The molecule has 1 aromatic carbocycles. The van der Waals surface area contributed by atoms with E-state index in [0.29, 0.717) is 13.2 Å². The number of rotatable bonds is 6. The van der Waals surface area contributed by atoms with Crippen LogP contribution >= 0.6 is 0 Å². The van der Waals surface area contributed by atoms with Crippen LogP contribution in [0.5, 0.6) is 5.75 Å². The van der Waals surface area contributed by atoms with Gasteiger partial charge in [-0.15, -0.1) is 0 Å². The third kappa shape index (κ3) is 3.45. The molecule has 1 N–H and O–H groups in total. The molecule has 1 unspecified atom stereocenters. The van der Waals surface area contributed by atoms with Gasteiger partial charge in [0.25, 0.3) is 5.91 Å². The van der Waals surface area contributed by atoms with Gasteiger partial charge in [0.2, 0.25) is 0 Å². The van der Waals surface area contributed by atoms with Gasteiger partial charge in [-0.25, -0.2) is 0 Å². The average molecular weight is 282 g/mol. The monoisotopic (exact) mass is 282 g/mol. The molecule has 0 aromatic heterocycles. The van der Waals surface area contributed by atoms with E-state index in [-0.39, 0.29) is 17.5 Å². The maximum atomic E-state index is 12.3. The molecule has 1 amide bonds. The summed E-state index contributed by atoms with van der Waals surface area (Å²) >= 11 is 0. The second-order valence-electron chi connectivity index (χ2n) is 4.36. The lowest BCUT2D eigenvalue weighted by Crippen LogP contribution is -2.40. The molecule has 1 aromatic rings. The molecule has 0 aliphatic carbocycles. The molecule has 0 aliphatic heterocycles. The number of nitro groups is 1. The number of nitrogens with zero attached hydrogens (tertiary/aromatic N) is 2. The number of likely N-dealkylation sites (N-methyl/N-ethyl adjacent to an activating group) is 1. The highest BCUT2D eigenvalue weighted by Gasteiger charge is 2.22. The minimum Gasteiger partial charge on any atom is -0.502 e. The number of benzene rings is 1. The molecule has 1 rings (SSSR count). The summed E-state index contributed by atoms with van der Waals surface area (Å²) in [7, 11) is 1.55. The highest BCUT2D eigenvalue weighted by atomic mass is 16.6. The van der Waals surface area contributed by atoms with Gasteiger partial charge in [-0.3, -0.25) is 14.9 Å². The predicted molar refractivity (Wildman–Crippen MR) is 72.8 cm³/mol. The summed E-state index contributed by atoms with van der Waals surface area (Å²) in [4.78, 5) is 23.8. The first-order valence-corrected chi connectivity index (χ1v) is 6.19. The van der Waals surface area contributed by atoms with Gasteiger partial charge in [0.05, 0.1) is 17.6 Å². The molecule has 0 radical (unpaired) electrons. The van der Waals surface area contributed by atoms with Gasteiger partial charge in [-0.05, 0) is 26.0 Å². The molecule has 0 fully saturated rings. The van der Waals surface area contributed by atoms with Crippen LogP contribution in [0.1, 0.15) is 24.2 Å². The van der Waals surface area contributed by atoms with Crippen molar-refractivity contribution in [3.8, 4) is 5.75 Å². The van der Waals surface area contributed by atoms with E-state index in [1.165, 1.54) is 6.07 Å². The number of aromatic hydroxyl groups is 1. The minimum atomic E-state index is -0.700. The van der Waals surface area contributed by atoms with E-state index in [1.54, 1.807) is 12.0 Å². The van der Waals surface area contributed by atoms with E-state index in [0.717, 1.165) is 12.1 Å². The fourth-order valence-electron chi connectivity index (χ4n) is 1.96. The molecule has 0 spiro atoms. The number of nitro benzene ring substituents is 1. The van der Waals surface area contributed by atoms with Gasteiger partial charge in [-0.1, -0.05) is 0 Å². The summed E-state index contributed by atoms with van der Waals surface area (Å²) in [5.41, 5.74) is -0.215. The third-order valence-electron chi connectivity index (χ3n) is 2.96. The molecule has 0 heterocycles. The summed E-state index contributed by atoms with van der Waals surface area (Å²) in [6, 6.07) is 3.44. The Hall–Kier alpha value is -2.15. The van der Waals surface area contributed by atoms with Crippen LogP contribution in [0.2, 0.25) is 0 Å². The first kappa shape index (κ1) is 15.9. The van der Waals surface area contributed by atoms with Crippen molar-refractivity contribution in [1.29, 1.82) is 0 Å². The van der Waals surface area contributed by atoms with Crippen LogP contribution < -0.4 is 0 Å². The van der Waals surface area contributed by atoms with Crippen LogP contribution in [0, 0.1) is 10.1 Å². The standard InChI is InChI=1S/C13H18N2O5/c1-4-14(9(2)8-20-3)13(17)10-5-6-11(15(18)19)12(16)7-10/h5-7,9,16H,4,8H2,1-3H3. The minimum absolute atomic E-state index is 0.130. The van der Waals surface area contributed by atoms with Crippen molar-refractivity contribution in [3.63, 3.8) is 0 Å². The molecule has 7 nitrogen and oxygen atoms in total. The van der Waals surface area contributed by atoms with Crippen molar-refractivity contribution in [1.82, 2.24) is 4.90 Å². The fraction of sp³-hybridized carbons (Fsp3) is 0.462. The molecule has 110 valence electrons. The van der Waals surface area contributed by atoms with Crippen LogP contribution in [-0.4, -0.2) is 47.1 Å². The quantitative estimate of drug-likeness (QED) is 0.634. The van der Waals surface area contributed by atoms with Gasteiger partial charge in [0, 0.05) is 25.3 Å². The average Bonchev–Trinajstić information content (AvgIpc) is 2.39. The topological polar surface area (TPSA) is 92.9 Å². The van der Waals surface area contributed by atoms with Gasteiger partial charge >= 0.3 is 5.69 Å². The van der Waals surface area contributed by atoms with Gasteiger partial charge in [0.15, 0.2) is 5.75 Å². The van der Waals surface area contributed by atoms with E-state index < -0.39 is 16.4 Å². The predicted octanol–water partition coefficient (Wildman–Crippen LogP) is 1.80. The summed E-state index contributed by atoms with van der Waals surface area (Å²) < 4.78 is 5.01. The number of ether oxygens (including phenoxy) is 1. The normalized spacial score (nSPS) is 11.9. The maximum Gasteiger partial charge on any atom is 0.310 e. The second-order valence-corrected chi connectivity index (χ2v) is 4.36. The zero-order valence-electron chi connectivity index (χ0n) is 11.7. The van der Waals surface area contributed by atoms with Gasteiger partial charge < -0.3 is 14.7 Å². The number of phenolic OH excluding ortho intramolecular Hbond substituents is 1. The zero-order chi connectivity index (χ0) is 15.3. The highest BCUT2D eigenvalue weighted by molar-refractivity contribution is 5.95. The van der Waals surface area contributed by atoms with Crippen molar-refractivity contribution >= 4 is 11.6 Å². The van der Waals surface area contributed by atoms with Crippen LogP contribution in [0.3, 0.4) is 0 Å². The molecule has 7 heteroatoms. The molecule has 0 aliphatic rings. The number of amides is 1. The Balaban J connectivity index is 3.01. The second kappa shape index (κ2) is 6.85. The molecule has 1 atom stereocenters. The number of phenols is 1. The van der Waals surface area contributed by atoms with Crippen molar-refractivity contribution in [3.05, 3.63) is 33.9 Å². The summed E-state index contributed by atoms with van der Waals surface area (Å²) in [5.74, 6) is -0.821. The van der Waals surface area contributed by atoms with Gasteiger partial charge in [-0.2, -0.15) is 0 Å². The number of hydrogen-bond acceptors (Lipinski definition) is 5. The van der Waals surface area contributed by atoms with Gasteiger partial charge in [0.1, 0.15) is 0 Å². The number of carbonyl (C=O) groups is 1. The molecule has 20 heavy (non-hydrogen) atoms. The SMILES string of the molecule is CCN(C(=O)c1ccc([N+](=O)[O-])c(O)c1)C(C)COC. The fourth-order valence-corrected chi connectivity index (χ4v) is 1.96. The number of carbonyl (C=O) groups excluding carboxylic acids is 1. The van der Waals surface area contributed by atoms with E-state index in [4.69, 9.17) is 4.74 Å². The van der Waals surface area contributed by atoms with Crippen molar-refractivity contribution in [2.45, 2.75) is 19.9 Å².